The van der Waals surface area contributed by atoms with Crippen molar-refractivity contribution in [2.24, 2.45) is 0 Å². The number of aryl methyl sites for hydroxylation is 1. The standard InChI is InChI=1S/C19H23N3O3S/c1-2-16-8-6-7-11-18(16)20-19(23)21-12-14-22(15-13-21)26(24,25)17-9-4-3-5-10-17/h3-11H,2,12-15H2,1H3,(H,20,23). The molecule has 1 heterocycles. The summed E-state index contributed by atoms with van der Waals surface area (Å²) < 4.78 is 26.7. The number of para-hydroxylation sites is 1. The van der Waals surface area contributed by atoms with Gasteiger partial charge in [0.2, 0.25) is 10.0 Å². The van der Waals surface area contributed by atoms with Crippen molar-refractivity contribution in [3.05, 3.63) is 60.2 Å². The number of amides is 2. The molecule has 0 atom stereocenters. The zero-order chi connectivity index (χ0) is 18.6. The fourth-order valence-corrected chi connectivity index (χ4v) is 4.46. The van der Waals surface area contributed by atoms with Crippen molar-refractivity contribution < 1.29 is 13.2 Å². The monoisotopic (exact) mass is 373 g/mol. The number of benzene rings is 2. The molecule has 138 valence electrons. The Bertz CT molecular complexity index is 861. The molecule has 0 spiro atoms. The first-order valence-corrected chi connectivity index (χ1v) is 10.2. The van der Waals surface area contributed by atoms with Crippen molar-refractivity contribution in [3.8, 4) is 0 Å². The minimum Gasteiger partial charge on any atom is -0.322 e. The van der Waals surface area contributed by atoms with Gasteiger partial charge in [-0.25, -0.2) is 13.2 Å². The molecule has 0 saturated carbocycles. The fraction of sp³-hybridized carbons (Fsp3) is 0.316. The van der Waals surface area contributed by atoms with Crippen LogP contribution in [0.2, 0.25) is 0 Å². The number of hydrogen-bond acceptors (Lipinski definition) is 3. The molecule has 1 fully saturated rings. The SMILES string of the molecule is CCc1ccccc1NC(=O)N1CCN(S(=O)(=O)c2ccccc2)CC1. The van der Waals surface area contributed by atoms with Crippen molar-refractivity contribution in [2.75, 3.05) is 31.5 Å². The number of carbonyl (C=O) groups excluding carboxylic acids is 1. The maximum absolute atomic E-state index is 12.6. The molecule has 0 aromatic heterocycles. The highest BCUT2D eigenvalue weighted by atomic mass is 32.2. The van der Waals surface area contributed by atoms with Gasteiger partial charge < -0.3 is 10.2 Å². The molecule has 2 aromatic rings. The van der Waals surface area contributed by atoms with Gasteiger partial charge >= 0.3 is 6.03 Å². The molecule has 3 rings (SSSR count). The van der Waals surface area contributed by atoms with Gasteiger partial charge in [0.15, 0.2) is 0 Å². The summed E-state index contributed by atoms with van der Waals surface area (Å²) >= 11 is 0. The van der Waals surface area contributed by atoms with Crippen molar-refractivity contribution in [2.45, 2.75) is 18.2 Å². The normalized spacial score (nSPS) is 15.7. The maximum atomic E-state index is 12.6. The van der Waals surface area contributed by atoms with E-state index in [1.807, 2.05) is 31.2 Å². The highest BCUT2D eigenvalue weighted by molar-refractivity contribution is 7.89. The first-order valence-electron chi connectivity index (χ1n) is 8.71. The Balaban J connectivity index is 1.62. The molecule has 26 heavy (non-hydrogen) atoms. The fourth-order valence-electron chi connectivity index (χ4n) is 3.02. The number of sulfonamides is 1. The van der Waals surface area contributed by atoms with E-state index in [-0.39, 0.29) is 10.9 Å². The Morgan fingerprint density at radius 1 is 0.962 bits per heavy atom. The summed E-state index contributed by atoms with van der Waals surface area (Å²) in [7, 11) is -3.51. The van der Waals surface area contributed by atoms with Crippen LogP contribution in [0.15, 0.2) is 59.5 Å². The lowest BCUT2D eigenvalue weighted by Crippen LogP contribution is -2.51. The molecule has 0 aliphatic carbocycles. The topological polar surface area (TPSA) is 69.7 Å². The van der Waals surface area contributed by atoms with Gasteiger partial charge in [-0.05, 0) is 30.2 Å². The summed E-state index contributed by atoms with van der Waals surface area (Å²) in [6.07, 6.45) is 0.833. The average Bonchev–Trinajstić information content (AvgIpc) is 2.69. The van der Waals surface area contributed by atoms with E-state index in [0.29, 0.717) is 26.2 Å². The quantitative estimate of drug-likeness (QED) is 0.896. The van der Waals surface area contributed by atoms with Crippen molar-refractivity contribution in [1.29, 1.82) is 0 Å². The number of carbonyl (C=O) groups is 1. The third-order valence-corrected chi connectivity index (χ3v) is 6.46. The summed E-state index contributed by atoms with van der Waals surface area (Å²) in [5.41, 5.74) is 1.88. The molecule has 2 amide bonds. The lowest BCUT2D eigenvalue weighted by atomic mass is 10.1. The van der Waals surface area contributed by atoms with E-state index in [2.05, 4.69) is 5.32 Å². The maximum Gasteiger partial charge on any atom is 0.321 e. The average molecular weight is 373 g/mol. The van der Waals surface area contributed by atoms with E-state index in [1.165, 1.54) is 4.31 Å². The summed E-state index contributed by atoms with van der Waals surface area (Å²) in [5, 5.41) is 2.94. The van der Waals surface area contributed by atoms with Crippen LogP contribution >= 0.6 is 0 Å². The summed E-state index contributed by atoms with van der Waals surface area (Å²) in [5.74, 6) is 0. The van der Waals surface area contributed by atoms with E-state index in [1.54, 1.807) is 35.2 Å². The number of rotatable bonds is 4. The van der Waals surface area contributed by atoms with Crippen LogP contribution in [0, 0.1) is 0 Å². The molecule has 0 bridgehead atoms. The number of urea groups is 1. The van der Waals surface area contributed by atoms with Crippen molar-refractivity contribution in [1.82, 2.24) is 9.21 Å². The third kappa shape index (κ3) is 3.89. The van der Waals surface area contributed by atoms with Crippen LogP contribution in [0.4, 0.5) is 10.5 Å². The van der Waals surface area contributed by atoms with Gasteiger partial charge in [0.05, 0.1) is 4.90 Å². The molecule has 1 saturated heterocycles. The molecule has 6 nitrogen and oxygen atoms in total. The zero-order valence-corrected chi connectivity index (χ0v) is 15.6. The molecular formula is C19H23N3O3S. The Hall–Kier alpha value is -2.38. The van der Waals surface area contributed by atoms with E-state index in [4.69, 9.17) is 0 Å². The van der Waals surface area contributed by atoms with Crippen LogP contribution in [0.1, 0.15) is 12.5 Å². The predicted octanol–water partition coefficient (Wildman–Crippen LogP) is 2.79. The number of nitrogens with one attached hydrogen (secondary N) is 1. The zero-order valence-electron chi connectivity index (χ0n) is 14.8. The molecule has 1 aliphatic heterocycles. The molecule has 7 heteroatoms. The highest BCUT2D eigenvalue weighted by Gasteiger charge is 2.30. The van der Waals surface area contributed by atoms with Crippen LogP contribution in [0.25, 0.3) is 0 Å². The van der Waals surface area contributed by atoms with E-state index >= 15 is 0 Å². The smallest absolute Gasteiger partial charge is 0.321 e. The largest absolute Gasteiger partial charge is 0.322 e. The van der Waals surface area contributed by atoms with E-state index < -0.39 is 10.0 Å². The number of nitrogens with zero attached hydrogens (tertiary/aromatic N) is 2. The van der Waals surface area contributed by atoms with E-state index in [0.717, 1.165) is 17.7 Å². The second kappa shape index (κ2) is 7.88. The summed E-state index contributed by atoms with van der Waals surface area (Å²) in [6, 6.07) is 15.9. The minimum atomic E-state index is -3.51. The van der Waals surface area contributed by atoms with Gasteiger partial charge in [-0.1, -0.05) is 43.3 Å². The second-order valence-electron chi connectivity index (χ2n) is 6.15. The van der Waals surface area contributed by atoms with Gasteiger partial charge in [-0.3, -0.25) is 0 Å². The molecule has 2 aromatic carbocycles. The Kier molecular flexibility index (Phi) is 5.58. The third-order valence-electron chi connectivity index (χ3n) is 4.55. The number of piperazine rings is 1. The predicted molar refractivity (Wildman–Crippen MR) is 102 cm³/mol. The first kappa shape index (κ1) is 18.4. The van der Waals surface area contributed by atoms with Gasteiger partial charge in [-0.15, -0.1) is 0 Å². The van der Waals surface area contributed by atoms with E-state index in [9.17, 15) is 13.2 Å². The molecule has 1 N–H and O–H groups in total. The van der Waals surface area contributed by atoms with Crippen molar-refractivity contribution in [3.63, 3.8) is 0 Å². The van der Waals surface area contributed by atoms with Gasteiger partial charge in [-0.2, -0.15) is 4.31 Å². The van der Waals surface area contributed by atoms with Gasteiger partial charge in [0.1, 0.15) is 0 Å². The van der Waals surface area contributed by atoms with Gasteiger partial charge in [0.25, 0.3) is 0 Å². The Morgan fingerprint density at radius 3 is 2.23 bits per heavy atom. The molecule has 0 unspecified atom stereocenters. The second-order valence-corrected chi connectivity index (χ2v) is 8.08. The highest BCUT2D eigenvalue weighted by Crippen LogP contribution is 2.19. The molecule has 0 radical (unpaired) electrons. The first-order chi connectivity index (χ1) is 12.5. The minimum absolute atomic E-state index is 0.192. The summed E-state index contributed by atoms with van der Waals surface area (Å²) in [6.45, 7) is 3.36. The number of hydrogen-bond donors (Lipinski definition) is 1. The van der Waals surface area contributed by atoms with Crippen LogP contribution in [0.5, 0.6) is 0 Å². The Morgan fingerprint density at radius 2 is 1.58 bits per heavy atom. The summed E-state index contributed by atoms with van der Waals surface area (Å²) in [4.78, 5) is 14.5. The lowest BCUT2D eigenvalue weighted by molar-refractivity contribution is 0.184. The molecular weight excluding hydrogens is 350 g/mol. The van der Waals surface area contributed by atoms with Gasteiger partial charge in [0, 0.05) is 31.9 Å². The number of anilines is 1. The van der Waals surface area contributed by atoms with Crippen LogP contribution in [0.3, 0.4) is 0 Å². The molecule has 1 aliphatic rings. The Labute approximate surface area is 154 Å². The lowest BCUT2D eigenvalue weighted by Gasteiger charge is -2.34. The van der Waals surface area contributed by atoms with Crippen LogP contribution in [-0.2, 0) is 16.4 Å². The van der Waals surface area contributed by atoms with Crippen LogP contribution in [-0.4, -0.2) is 49.8 Å². The van der Waals surface area contributed by atoms with Crippen molar-refractivity contribution >= 4 is 21.7 Å². The van der Waals surface area contributed by atoms with Crippen LogP contribution < -0.4 is 5.32 Å².